The summed E-state index contributed by atoms with van der Waals surface area (Å²) in [5.41, 5.74) is 1.24. The predicted octanol–water partition coefficient (Wildman–Crippen LogP) is 4.62. The number of nitrogens with zero attached hydrogens (tertiary/aromatic N) is 2. The molecule has 3 aromatic rings. The molecule has 2 atom stereocenters. The fourth-order valence-electron chi connectivity index (χ4n) is 3.69. The number of amides is 1. The van der Waals surface area contributed by atoms with Crippen LogP contribution in [0.1, 0.15) is 40.0 Å². The smallest absolute Gasteiger partial charge is 0.410 e. The van der Waals surface area contributed by atoms with Crippen molar-refractivity contribution in [2.24, 2.45) is 0 Å². The minimum atomic E-state index is -4.55. The SMILES string of the molecule is COc1cccc([C@@H]2C[C@H](C(F)(F)F)n3ncc(C(=O)NCc4ccc(F)cc4)c3N2)c1. The van der Waals surface area contributed by atoms with Crippen LogP contribution in [0.3, 0.4) is 0 Å². The fourth-order valence-corrected chi connectivity index (χ4v) is 3.69. The number of benzene rings is 2. The summed E-state index contributed by atoms with van der Waals surface area (Å²) in [4.78, 5) is 12.7. The number of carbonyl (C=O) groups is 1. The molecule has 2 heterocycles. The van der Waals surface area contributed by atoms with Gasteiger partial charge < -0.3 is 15.4 Å². The van der Waals surface area contributed by atoms with E-state index in [4.69, 9.17) is 4.74 Å². The van der Waals surface area contributed by atoms with Crippen LogP contribution >= 0.6 is 0 Å². The number of anilines is 1. The molecule has 0 aliphatic carbocycles. The molecule has 0 bridgehead atoms. The van der Waals surface area contributed by atoms with Crippen molar-refractivity contribution in [3.8, 4) is 5.75 Å². The monoisotopic (exact) mass is 448 g/mol. The zero-order valence-corrected chi connectivity index (χ0v) is 17.0. The van der Waals surface area contributed by atoms with Crippen molar-refractivity contribution in [3.05, 3.63) is 77.2 Å². The highest BCUT2D eigenvalue weighted by Crippen LogP contribution is 2.44. The number of fused-ring (bicyclic) bond motifs is 1. The van der Waals surface area contributed by atoms with Gasteiger partial charge in [0.15, 0.2) is 6.04 Å². The zero-order chi connectivity index (χ0) is 22.9. The largest absolute Gasteiger partial charge is 0.497 e. The third-order valence-corrected chi connectivity index (χ3v) is 5.35. The van der Waals surface area contributed by atoms with Crippen LogP contribution in [-0.4, -0.2) is 29.0 Å². The van der Waals surface area contributed by atoms with Crippen LogP contribution in [-0.2, 0) is 6.54 Å². The molecule has 6 nitrogen and oxygen atoms in total. The first-order chi connectivity index (χ1) is 15.3. The van der Waals surface area contributed by atoms with Crippen LogP contribution in [0.4, 0.5) is 23.4 Å². The lowest BCUT2D eigenvalue weighted by Crippen LogP contribution is -2.36. The molecule has 1 amide bonds. The fraction of sp³-hybridized carbons (Fsp3) is 0.273. The van der Waals surface area contributed by atoms with E-state index in [9.17, 15) is 22.4 Å². The molecule has 0 spiro atoms. The second-order valence-corrected chi connectivity index (χ2v) is 7.43. The first-order valence-electron chi connectivity index (χ1n) is 9.83. The van der Waals surface area contributed by atoms with Gasteiger partial charge in [0.1, 0.15) is 22.9 Å². The van der Waals surface area contributed by atoms with Crippen molar-refractivity contribution < 1.29 is 27.1 Å². The molecule has 0 unspecified atom stereocenters. The number of halogens is 4. The number of methoxy groups -OCH3 is 1. The summed E-state index contributed by atoms with van der Waals surface area (Å²) in [6.45, 7) is 0.0890. The van der Waals surface area contributed by atoms with E-state index in [0.717, 1.165) is 10.9 Å². The second kappa shape index (κ2) is 8.52. The molecule has 0 saturated heterocycles. The topological polar surface area (TPSA) is 68.2 Å². The maximum absolute atomic E-state index is 13.8. The van der Waals surface area contributed by atoms with Gasteiger partial charge in [-0.25, -0.2) is 9.07 Å². The van der Waals surface area contributed by atoms with Gasteiger partial charge in [-0.05, 0) is 35.4 Å². The van der Waals surface area contributed by atoms with Crippen molar-refractivity contribution in [1.82, 2.24) is 15.1 Å². The molecule has 1 aromatic heterocycles. The molecule has 4 rings (SSSR count). The van der Waals surface area contributed by atoms with Crippen molar-refractivity contribution in [2.45, 2.75) is 31.2 Å². The Balaban J connectivity index is 1.61. The van der Waals surface area contributed by atoms with Crippen molar-refractivity contribution in [1.29, 1.82) is 0 Å². The van der Waals surface area contributed by atoms with Gasteiger partial charge in [-0.1, -0.05) is 24.3 Å². The van der Waals surface area contributed by atoms with Crippen LogP contribution < -0.4 is 15.4 Å². The van der Waals surface area contributed by atoms with Crippen molar-refractivity contribution in [2.75, 3.05) is 12.4 Å². The number of carbonyl (C=O) groups excluding carboxylic acids is 1. The molecule has 168 valence electrons. The van der Waals surface area contributed by atoms with Crippen LogP contribution in [0.2, 0.25) is 0 Å². The molecular weight excluding hydrogens is 428 g/mol. The van der Waals surface area contributed by atoms with Gasteiger partial charge in [-0.3, -0.25) is 4.79 Å². The number of hydrogen-bond donors (Lipinski definition) is 2. The second-order valence-electron chi connectivity index (χ2n) is 7.43. The molecule has 1 aliphatic heterocycles. The Bertz CT molecular complexity index is 1110. The number of ether oxygens (including phenoxy) is 1. The van der Waals surface area contributed by atoms with Gasteiger partial charge >= 0.3 is 6.18 Å². The normalized spacial score (nSPS) is 17.9. The van der Waals surface area contributed by atoms with Crippen LogP contribution in [0.25, 0.3) is 0 Å². The van der Waals surface area contributed by atoms with Crippen LogP contribution in [0.5, 0.6) is 5.75 Å². The predicted molar refractivity (Wildman–Crippen MR) is 109 cm³/mol. The third kappa shape index (κ3) is 4.39. The van der Waals surface area contributed by atoms with E-state index in [1.54, 1.807) is 24.3 Å². The number of alkyl halides is 3. The summed E-state index contributed by atoms with van der Waals surface area (Å²) < 4.78 is 60.5. The molecule has 1 aliphatic rings. The number of hydrogen-bond acceptors (Lipinski definition) is 4. The van der Waals surface area contributed by atoms with E-state index in [1.807, 2.05) is 0 Å². The number of nitrogens with one attached hydrogen (secondary N) is 2. The van der Waals surface area contributed by atoms with Gasteiger partial charge in [0.25, 0.3) is 5.91 Å². The van der Waals surface area contributed by atoms with E-state index in [-0.39, 0.29) is 24.3 Å². The third-order valence-electron chi connectivity index (χ3n) is 5.35. The van der Waals surface area contributed by atoms with E-state index in [1.165, 1.54) is 31.4 Å². The van der Waals surface area contributed by atoms with Crippen molar-refractivity contribution >= 4 is 11.7 Å². The molecule has 0 fully saturated rings. The minimum absolute atomic E-state index is 0.00559. The Morgan fingerprint density at radius 2 is 2.00 bits per heavy atom. The highest BCUT2D eigenvalue weighted by atomic mass is 19.4. The van der Waals surface area contributed by atoms with E-state index >= 15 is 0 Å². The maximum Gasteiger partial charge on any atom is 0.410 e. The summed E-state index contributed by atoms with van der Waals surface area (Å²) in [5, 5.41) is 9.53. The maximum atomic E-state index is 13.8. The lowest BCUT2D eigenvalue weighted by Gasteiger charge is -2.34. The lowest BCUT2D eigenvalue weighted by atomic mass is 9.96. The Morgan fingerprint density at radius 1 is 1.25 bits per heavy atom. The Hall–Kier alpha value is -3.56. The standard InChI is InChI=1S/C22H20F4N4O2/c1-32-16-4-2-3-14(9-16)18-10-19(22(24,25)26)30-20(29-18)17(12-28-30)21(31)27-11-13-5-7-15(23)8-6-13/h2-9,12,18-19,29H,10-11H2,1H3,(H,27,31)/t18-,19+/m0/s1. The van der Waals surface area contributed by atoms with Gasteiger partial charge in [0, 0.05) is 13.0 Å². The number of rotatable bonds is 5. The first kappa shape index (κ1) is 21.7. The Morgan fingerprint density at radius 3 is 2.69 bits per heavy atom. The van der Waals surface area contributed by atoms with Gasteiger partial charge in [-0.2, -0.15) is 18.3 Å². The van der Waals surface area contributed by atoms with E-state index in [0.29, 0.717) is 16.9 Å². The molecule has 32 heavy (non-hydrogen) atoms. The van der Waals surface area contributed by atoms with Gasteiger partial charge in [0.05, 0.1) is 19.3 Å². The summed E-state index contributed by atoms with van der Waals surface area (Å²) >= 11 is 0. The Labute approximate surface area is 181 Å². The van der Waals surface area contributed by atoms with Crippen molar-refractivity contribution in [3.63, 3.8) is 0 Å². The average Bonchev–Trinajstić information content (AvgIpc) is 3.21. The highest BCUT2D eigenvalue weighted by Gasteiger charge is 2.47. The van der Waals surface area contributed by atoms with E-state index < -0.39 is 30.0 Å². The van der Waals surface area contributed by atoms with Crippen LogP contribution in [0.15, 0.2) is 54.7 Å². The quantitative estimate of drug-likeness (QED) is 0.559. The Kier molecular flexibility index (Phi) is 5.77. The molecule has 2 aromatic carbocycles. The lowest BCUT2D eigenvalue weighted by molar-refractivity contribution is -0.173. The number of aromatic nitrogens is 2. The summed E-state index contributed by atoms with van der Waals surface area (Å²) in [6, 6.07) is 9.71. The molecule has 0 saturated carbocycles. The average molecular weight is 448 g/mol. The molecule has 0 radical (unpaired) electrons. The van der Waals surface area contributed by atoms with Gasteiger partial charge in [0.2, 0.25) is 0 Å². The van der Waals surface area contributed by atoms with E-state index in [2.05, 4.69) is 15.7 Å². The first-order valence-corrected chi connectivity index (χ1v) is 9.83. The summed E-state index contributed by atoms with van der Waals surface area (Å²) in [6.07, 6.45) is -3.72. The highest BCUT2D eigenvalue weighted by molar-refractivity contribution is 5.98. The minimum Gasteiger partial charge on any atom is -0.497 e. The molecule has 2 N–H and O–H groups in total. The molecule has 10 heteroatoms. The summed E-state index contributed by atoms with van der Waals surface area (Å²) in [5.74, 6) is -0.487. The van der Waals surface area contributed by atoms with Crippen LogP contribution in [0, 0.1) is 5.82 Å². The molecular formula is C22H20F4N4O2. The van der Waals surface area contributed by atoms with Gasteiger partial charge in [-0.15, -0.1) is 0 Å². The summed E-state index contributed by atoms with van der Waals surface area (Å²) in [7, 11) is 1.48. The zero-order valence-electron chi connectivity index (χ0n) is 17.0.